The predicted molar refractivity (Wildman–Crippen MR) is 105 cm³/mol. The van der Waals surface area contributed by atoms with Gasteiger partial charge in [0.05, 0.1) is 13.2 Å². The summed E-state index contributed by atoms with van der Waals surface area (Å²) >= 11 is 0. The highest BCUT2D eigenvalue weighted by Crippen LogP contribution is 2.64. The monoisotopic (exact) mass is 391 g/mol. The Labute approximate surface area is 160 Å². The molecule has 2 atom stereocenters. The van der Waals surface area contributed by atoms with Gasteiger partial charge in [-0.2, -0.15) is 0 Å². The molecule has 146 valence electrons. The molecule has 0 spiro atoms. The number of benzene rings is 2. The van der Waals surface area contributed by atoms with E-state index in [-0.39, 0.29) is 19.0 Å². The minimum absolute atomic E-state index is 0.225. The molecule has 1 unspecified atom stereocenters. The SMILES string of the molecule is CCOP(=O)(OCC)C(c1ccccc1)c1ccccc1OC(=O)[C@H](C)N. The van der Waals surface area contributed by atoms with Crippen LogP contribution in [-0.4, -0.2) is 25.2 Å². The number of esters is 1. The second-order valence-electron chi connectivity index (χ2n) is 5.94. The van der Waals surface area contributed by atoms with E-state index in [0.29, 0.717) is 5.56 Å². The normalized spacial score (nSPS) is 13.8. The van der Waals surface area contributed by atoms with E-state index in [1.807, 2.05) is 30.3 Å². The van der Waals surface area contributed by atoms with Gasteiger partial charge < -0.3 is 19.5 Å². The van der Waals surface area contributed by atoms with Gasteiger partial charge in [0.1, 0.15) is 17.5 Å². The number of rotatable bonds is 9. The standard InChI is InChI=1S/C20H26NO5P/c1-4-24-27(23,25-5-2)19(16-11-7-6-8-12-16)17-13-9-10-14-18(17)26-20(22)15(3)21/h6-15,19H,4-5,21H2,1-3H3/t15-,19?/m0/s1. The molecule has 7 heteroatoms. The summed E-state index contributed by atoms with van der Waals surface area (Å²) in [6, 6.07) is 15.4. The Bertz CT molecular complexity index is 784. The average Bonchev–Trinajstić information content (AvgIpc) is 2.64. The minimum Gasteiger partial charge on any atom is -0.425 e. The number of carbonyl (C=O) groups excluding carboxylic acids is 1. The van der Waals surface area contributed by atoms with Crippen LogP contribution < -0.4 is 10.5 Å². The fourth-order valence-electron chi connectivity index (χ4n) is 2.71. The van der Waals surface area contributed by atoms with Gasteiger partial charge in [-0.05, 0) is 32.4 Å². The summed E-state index contributed by atoms with van der Waals surface area (Å²) in [5.41, 5.74) is 6.17. The molecule has 0 heterocycles. The number of carbonyl (C=O) groups is 1. The molecular weight excluding hydrogens is 365 g/mol. The van der Waals surface area contributed by atoms with E-state index < -0.39 is 25.3 Å². The number of hydrogen-bond acceptors (Lipinski definition) is 6. The molecule has 0 amide bonds. The van der Waals surface area contributed by atoms with Crippen LogP contribution in [0.25, 0.3) is 0 Å². The maximum absolute atomic E-state index is 13.7. The zero-order valence-electron chi connectivity index (χ0n) is 15.8. The Kier molecular flexibility index (Phi) is 7.75. The molecule has 2 rings (SSSR count). The van der Waals surface area contributed by atoms with Gasteiger partial charge in [-0.25, -0.2) is 4.79 Å². The summed E-state index contributed by atoms with van der Waals surface area (Å²) < 4.78 is 30.4. The Hall–Kier alpha value is -1.98. The molecule has 0 aliphatic rings. The molecule has 0 aliphatic heterocycles. The maximum atomic E-state index is 13.7. The molecule has 0 aliphatic carbocycles. The van der Waals surface area contributed by atoms with Crippen LogP contribution in [0, 0.1) is 0 Å². The lowest BCUT2D eigenvalue weighted by Crippen LogP contribution is -2.31. The van der Waals surface area contributed by atoms with Crippen LogP contribution >= 0.6 is 7.60 Å². The van der Waals surface area contributed by atoms with E-state index in [2.05, 4.69) is 0 Å². The summed E-state index contributed by atoms with van der Waals surface area (Å²) in [6.07, 6.45) is 0. The quantitative estimate of drug-likeness (QED) is 0.390. The van der Waals surface area contributed by atoms with Gasteiger partial charge in [-0.15, -0.1) is 0 Å². The lowest BCUT2D eigenvalue weighted by atomic mass is 10.0. The fourth-order valence-corrected chi connectivity index (χ4v) is 4.90. The minimum atomic E-state index is -3.59. The first-order chi connectivity index (χ1) is 12.9. The lowest BCUT2D eigenvalue weighted by Gasteiger charge is -2.28. The van der Waals surface area contributed by atoms with Crippen molar-refractivity contribution in [2.24, 2.45) is 5.73 Å². The molecule has 2 aromatic carbocycles. The number of hydrogen-bond donors (Lipinski definition) is 1. The highest BCUT2D eigenvalue weighted by atomic mass is 31.2. The van der Waals surface area contributed by atoms with E-state index in [0.717, 1.165) is 5.56 Å². The van der Waals surface area contributed by atoms with E-state index in [9.17, 15) is 9.36 Å². The van der Waals surface area contributed by atoms with Crippen molar-refractivity contribution in [2.75, 3.05) is 13.2 Å². The summed E-state index contributed by atoms with van der Waals surface area (Å²) in [5, 5.41) is 0. The summed E-state index contributed by atoms with van der Waals surface area (Å²) in [5.74, 6) is -0.287. The second kappa shape index (κ2) is 9.81. The first-order valence-corrected chi connectivity index (χ1v) is 10.5. The molecule has 0 radical (unpaired) electrons. The van der Waals surface area contributed by atoms with Crippen molar-refractivity contribution in [3.8, 4) is 5.75 Å². The van der Waals surface area contributed by atoms with E-state index in [4.69, 9.17) is 19.5 Å². The average molecular weight is 391 g/mol. The first-order valence-electron chi connectivity index (χ1n) is 8.92. The first kappa shape index (κ1) is 21.3. The van der Waals surface area contributed by atoms with Crippen molar-refractivity contribution in [3.63, 3.8) is 0 Å². The van der Waals surface area contributed by atoms with Crippen molar-refractivity contribution < 1.29 is 23.1 Å². The third-order valence-electron chi connectivity index (χ3n) is 3.85. The van der Waals surface area contributed by atoms with E-state index in [1.54, 1.807) is 45.0 Å². The Balaban J connectivity index is 2.62. The molecule has 2 N–H and O–H groups in total. The van der Waals surface area contributed by atoms with Gasteiger partial charge in [-0.3, -0.25) is 4.57 Å². The van der Waals surface area contributed by atoms with Gasteiger partial charge in [0.15, 0.2) is 0 Å². The van der Waals surface area contributed by atoms with E-state index >= 15 is 0 Å². The maximum Gasteiger partial charge on any atom is 0.342 e. The van der Waals surface area contributed by atoms with Gasteiger partial charge in [-0.1, -0.05) is 48.5 Å². The third-order valence-corrected chi connectivity index (χ3v) is 6.29. The molecule has 0 saturated carbocycles. The van der Waals surface area contributed by atoms with Crippen molar-refractivity contribution >= 4 is 13.6 Å². The van der Waals surface area contributed by atoms with Crippen molar-refractivity contribution in [2.45, 2.75) is 32.5 Å². The third kappa shape index (κ3) is 5.27. The Morgan fingerprint density at radius 3 is 2.11 bits per heavy atom. The van der Waals surface area contributed by atoms with Crippen molar-refractivity contribution in [3.05, 3.63) is 65.7 Å². The zero-order chi connectivity index (χ0) is 19.9. The van der Waals surface area contributed by atoms with Crippen LogP contribution in [0.1, 0.15) is 37.6 Å². The highest BCUT2D eigenvalue weighted by Gasteiger charge is 2.40. The molecule has 27 heavy (non-hydrogen) atoms. The lowest BCUT2D eigenvalue weighted by molar-refractivity contribution is -0.135. The molecule has 2 aromatic rings. The zero-order valence-corrected chi connectivity index (χ0v) is 16.7. The van der Waals surface area contributed by atoms with Gasteiger partial charge in [0.2, 0.25) is 0 Å². The fraction of sp³-hybridized carbons (Fsp3) is 0.350. The van der Waals surface area contributed by atoms with Gasteiger partial charge in [0, 0.05) is 5.56 Å². The second-order valence-corrected chi connectivity index (χ2v) is 8.05. The smallest absolute Gasteiger partial charge is 0.342 e. The van der Waals surface area contributed by atoms with Gasteiger partial charge >= 0.3 is 13.6 Å². The molecule has 0 bridgehead atoms. The molecule has 6 nitrogen and oxygen atoms in total. The Morgan fingerprint density at radius 1 is 1.00 bits per heavy atom. The number of ether oxygens (including phenoxy) is 1. The molecule has 0 fully saturated rings. The summed E-state index contributed by atoms with van der Waals surface area (Å²) in [6.45, 7) is 5.52. The topological polar surface area (TPSA) is 87.9 Å². The van der Waals surface area contributed by atoms with Crippen LogP contribution in [0.15, 0.2) is 54.6 Å². The summed E-state index contributed by atoms with van der Waals surface area (Å²) in [4.78, 5) is 12.0. The van der Waals surface area contributed by atoms with Crippen LogP contribution in [0.5, 0.6) is 5.75 Å². The van der Waals surface area contributed by atoms with Gasteiger partial charge in [0.25, 0.3) is 0 Å². The van der Waals surface area contributed by atoms with E-state index in [1.165, 1.54) is 0 Å². The van der Waals surface area contributed by atoms with Crippen molar-refractivity contribution in [1.82, 2.24) is 0 Å². The largest absolute Gasteiger partial charge is 0.425 e. The number of nitrogens with two attached hydrogens (primary N) is 1. The van der Waals surface area contributed by atoms with Crippen LogP contribution in [0.2, 0.25) is 0 Å². The molecule has 0 saturated heterocycles. The highest BCUT2D eigenvalue weighted by molar-refractivity contribution is 7.54. The Morgan fingerprint density at radius 2 is 1.56 bits per heavy atom. The van der Waals surface area contributed by atoms with Crippen molar-refractivity contribution in [1.29, 1.82) is 0 Å². The van der Waals surface area contributed by atoms with Crippen LogP contribution in [-0.2, 0) is 18.4 Å². The predicted octanol–water partition coefficient (Wildman–Crippen LogP) is 4.29. The number of para-hydroxylation sites is 1. The summed E-state index contributed by atoms with van der Waals surface area (Å²) in [7, 11) is -3.59. The molecular formula is C20H26NO5P. The van der Waals surface area contributed by atoms with Crippen LogP contribution in [0.3, 0.4) is 0 Å². The molecule has 0 aromatic heterocycles. The van der Waals surface area contributed by atoms with Crippen LogP contribution in [0.4, 0.5) is 0 Å².